The molecule has 3 rings (SSSR count). The number of hydrogen-bond donors (Lipinski definition) is 1. The van der Waals surface area contributed by atoms with Crippen molar-refractivity contribution in [2.24, 2.45) is 11.7 Å². The predicted octanol–water partition coefficient (Wildman–Crippen LogP) is 2.69. The molecule has 1 aliphatic carbocycles. The third-order valence-electron chi connectivity index (χ3n) is 4.33. The summed E-state index contributed by atoms with van der Waals surface area (Å²) in [5.74, 6) is 1.66. The maximum atomic E-state index is 6.07. The van der Waals surface area contributed by atoms with Crippen LogP contribution in [0, 0.1) is 12.8 Å². The molecule has 0 spiro atoms. The van der Waals surface area contributed by atoms with Gasteiger partial charge in [0.2, 0.25) is 0 Å². The number of benzene rings is 1. The Morgan fingerprint density at radius 3 is 2.86 bits per heavy atom. The van der Waals surface area contributed by atoms with Gasteiger partial charge in [0.25, 0.3) is 0 Å². The zero-order valence-electron chi connectivity index (χ0n) is 12.9. The van der Waals surface area contributed by atoms with E-state index in [4.69, 9.17) is 15.2 Å². The summed E-state index contributed by atoms with van der Waals surface area (Å²) in [4.78, 5) is 2.39. The molecule has 2 fully saturated rings. The fourth-order valence-corrected chi connectivity index (χ4v) is 2.91. The van der Waals surface area contributed by atoms with Crippen LogP contribution in [0.15, 0.2) is 18.2 Å². The second-order valence-corrected chi connectivity index (χ2v) is 6.37. The highest BCUT2D eigenvalue weighted by atomic mass is 16.7. The highest BCUT2D eigenvalue weighted by molar-refractivity contribution is 5.56. The first-order valence-electron chi connectivity index (χ1n) is 8.04. The van der Waals surface area contributed by atoms with Crippen molar-refractivity contribution in [2.75, 3.05) is 31.4 Å². The first kappa shape index (κ1) is 14.7. The zero-order chi connectivity index (χ0) is 14.7. The number of anilines is 1. The Labute approximate surface area is 127 Å². The van der Waals surface area contributed by atoms with Crippen molar-refractivity contribution >= 4 is 5.69 Å². The second-order valence-electron chi connectivity index (χ2n) is 6.37. The number of aryl methyl sites for hydroxylation is 1. The Morgan fingerprint density at radius 1 is 1.29 bits per heavy atom. The standard InChI is InChI=1S/C17H26N2O2/c1-13-9-16(21-12-20-11-14-4-5-14)6-7-17(13)19-8-2-3-15(18)10-19/h6-7,9,14-15H,2-5,8,10-12,18H2,1H3. The largest absolute Gasteiger partial charge is 0.468 e. The van der Waals surface area contributed by atoms with E-state index in [1.54, 1.807) is 0 Å². The average molecular weight is 290 g/mol. The van der Waals surface area contributed by atoms with E-state index in [1.165, 1.54) is 30.5 Å². The van der Waals surface area contributed by atoms with Crippen molar-refractivity contribution in [3.63, 3.8) is 0 Å². The van der Waals surface area contributed by atoms with Gasteiger partial charge in [0, 0.05) is 24.8 Å². The molecule has 21 heavy (non-hydrogen) atoms. The van der Waals surface area contributed by atoms with Crippen LogP contribution in [0.25, 0.3) is 0 Å². The lowest BCUT2D eigenvalue weighted by Gasteiger charge is -2.33. The Balaban J connectivity index is 1.54. The zero-order valence-corrected chi connectivity index (χ0v) is 12.9. The van der Waals surface area contributed by atoms with E-state index in [0.29, 0.717) is 12.8 Å². The predicted molar refractivity (Wildman–Crippen MR) is 84.8 cm³/mol. The van der Waals surface area contributed by atoms with E-state index in [-0.39, 0.29) is 0 Å². The third kappa shape index (κ3) is 4.11. The summed E-state index contributed by atoms with van der Waals surface area (Å²) < 4.78 is 11.2. The van der Waals surface area contributed by atoms with Gasteiger partial charge in [0.1, 0.15) is 5.75 Å². The number of piperidine rings is 1. The minimum atomic E-state index is 0.296. The first-order chi connectivity index (χ1) is 10.2. The normalized spacial score (nSPS) is 22.4. The van der Waals surface area contributed by atoms with Crippen LogP contribution in [0.5, 0.6) is 5.75 Å². The van der Waals surface area contributed by atoms with Gasteiger partial charge in [-0.1, -0.05) is 0 Å². The number of hydrogen-bond acceptors (Lipinski definition) is 4. The molecule has 0 aromatic heterocycles. The molecule has 1 unspecified atom stereocenters. The van der Waals surface area contributed by atoms with Crippen molar-refractivity contribution in [2.45, 2.75) is 38.6 Å². The summed E-state index contributed by atoms with van der Waals surface area (Å²) in [5.41, 5.74) is 8.58. The van der Waals surface area contributed by atoms with Crippen LogP contribution in [0.2, 0.25) is 0 Å². The molecule has 4 nitrogen and oxygen atoms in total. The smallest absolute Gasteiger partial charge is 0.189 e. The lowest BCUT2D eigenvalue weighted by Crippen LogP contribution is -2.43. The van der Waals surface area contributed by atoms with Gasteiger partial charge < -0.3 is 20.1 Å². The molecular weight excluding hydrogens is 264 g/mol. The molecule has 1 heterocycles. The first-order valence-corrected chi connectivity index (χ1v) is 8.04. The Morgan fingerprint density at radius 2 is 2.14 bits per heavy atom. The summed E-state index contributed by atoms with van der Waals surface area (Å²) in [5, 5.41) is 0. The fourth-order valence-electron chi connectivity index (χ4n) is 2.91. The number of nitrogens with zero attached hydrogens (tertiary/aromatic N) is 1. The molecule has 2 aliphatic rings. The van der Waals surface area contributed by atoms with Gasteiger partial charge >= 0.3 is 0 Å². The SMILES string of the molecule is Cc1cc(OCOCC2CC2)ccc1N1CCCC(N)C1. The quantitative estimate of drug-likeness (QED) is 0.646. The monoisotopic (exact) mass is 290 g/mol. The third-order valence-corrected chi connectivity index (χ3v) is 4.33. The molecule has 1 aliphatic heterocycles. The fraction of sp³-hybridized carbons (Fsp3) is 0.647. The molecule has 0 radical (unpaired) electrons. The Bertz CT molecular complexity index is 474. The minimum Gasteiger partial charge on any atom is -0.468 e. The molecule has 2 N–H and O–H groups in total. The summed E-state index contributed by atoms with van der Waals surface area (Å²) in [6, 6.07) is 6.56. The van der Waals surface area contributed by atoms with Gasteiger partial charge in [0.05, 0.1) is 6.61 Å². The molecular formula is C17H26N2O2. The lowest BCUT2D eigenvalue weighted by molar-refractivity contribution is 0.00996. The second kappa shape index (κ2) is 6.67. The molecule has 1 aromatic rings. The van der Waals surface area contributed by atoms with Crippen LogP contribution >= 0.6 is 0 Å². The van der Waals surface area contributed by atoms with Crippen molar-refractivity contribution < 1.29 is 9.47 Å². The average Bonchev–Trinajstić information content (AvgIpc) is 3.28. The Hall–Kier alpha value is -1.26. The molecule has 1 atom stereocenters. The highest BCUT2D eigenvalue weighted by Crippen LogP contribution is 2.29. The van der Waals surface area contributed by atoms with E-state index in [2.05, 4.69) is 24.0 Å². The number of rotatable bonds is 6. The molecule has 1 aromatic carbocycles. The van der Waals surface area contributed by atoms with E-state index in [0.717, 1.165) is 37.8 Å². The van der Waals surface area contributed by atoms with Crippen molar-refractivity contribution in [3.05, 3.63) is 23.8 Å². The van der Waals surface area contributed by atoms with E-state index >= 15 is 0 Å². The van der Waals surface area contributed by atoms with Gasteiger partial charge in [-0.2, -0.15) is 0 Å². The molecule has 1 saturated heterocycles. The van der Waals surface area contributed by atoms with Crippen LogP contribution in [0.3, 0.4) is 0 Å². The van der Waals surface area contributed by atoms with Gasteiger partial charge in [-0.25, -0.2) is 0 Å². The summed E-state index contributed by atoms with van der Waals surface area (Å²) in [6.07, 6.45) is 4.93. The van der Waals surface area contributed by atoms with E-state index in [9.17, 15) is 0 Å². The van der Waals surface area contributed by atoms with E-state index < -0.39 is 0 Å². The van der Waals surface area contributed by atoms with Crippen LogP contribution in [-0.4, -0.2) is 32.5 Å². The highest BCUT2D eigenvalue weighted by Gasteiger charge is 2.21. The number of ether oxygens (including phenoxy) is 2. The molecule has 1 saturated carbocycles. The van der Waals surface area contributed by atoms with Gasteiger partial charge in [-0.3, -0.25) is 0 Å². The van der Waals surface area contributed by atoms with Crippen molar-refractivity contribution in [1.82, 2.24) is 0 Å². The van der Waals surface area contributed by atoms with E-state index in [1.807, 2.05) is 6.07 Å². The van der Waals surface area contributed by atoms with Gasteiger partial charge in [-0.05, 0) is 62.3 Å². The van der Waals surface area contributed by atoms with Crippen LogP contribution in [0.4, 0.5) is 5.69 Å². The molecule has 4 heteroatoms. The molecule has 116 valence electrons. The van der Waals surface area contributed by atoms with Gasteiger partial charge in [-0.15, -0.1) is 0 Å². The van der Waals surface area contributed by atoms with Crippen molar-refractivity contribution in [1.29, 1.82) is 0 Å². The summed E-state index contributed by atoms with van der Waals surface area (Å²) in [7, 11) is 0. The topological polar surface area (TPSA) is 47.7 Å². The minimum absolute atomic E-state index is 0.296. The van der Waals surface area contributed by atoms with Crippen LogP contribution in [0.1, 0.15) is 31.2 Å². The maximum absolute atomic E-state index is 6.07. The lowest BCUT2D eigenvalue weighted by atomic mass is 10.0. The van der Waals surface area contributed by atoms with Crippen LogP contribution in [-0.2, 0) is 4.74 Å². The number of nitrogens with two attached hydrogens (primary N) is 1. The molecule has 0 bridgehead atoms. The van der Waals surface area contributed by atoms with Crippen LogP contribution < -0.4 is 15.4 Å². The summed E-state index contributed by atoms with van der Waals surface area (Å²) >= 11 is 0. The Kier molecular flexibility index (Phi) is 4.66. The maximum Gasteiger partial charge on any atom is 0.189 e. The van der Waals surface area contributed by atoms with Crippen molar-refractivity contribution in [3.8, 4) is 5.75 Å². The summed E-state index contributed by atoms with van der Waals surface area (Å²) in [6.45, 7) is 5.37. The van der Waals surface area contributed by atoms with Gasteiger partial charge in [0.15, 0.2) is 6.79 Å². The molecule has 0 amide bonds.